The molecule has 6 heteroatoms. The molecule has 2 aliphatic rings. The number of nitrogens with zero attached hydrogens (tertiary/aromatic N) is 2. The van der Waals surface area contributed by atoms with Crippen LogP contribution in [0.25, 0.3) is 0 Å². The Hall–Kier alpha value is -1.82. The Kier molecular flexibility index (Phi) is 2.63. The SMILES string of the molecule is NC1(C(=O)O)CCN(C(=O)c2cccn2C2CC2)C1. The summed E-state index contributed by atoms with van der Waals surface area (Å²) in [5.74, 6) is -1.16. The molecule has 1 aromatic heterocycles. The number of carboxylic acid groups (broad SMARTS) is 1. The van der Waals surface area contributed by atoms with Crippen molar-refractivity contribution in [1.82, 2.24) is 9.47 Å². The van der Waals surface area contributed by atoms with E-state index in [9.17, 15) is 9.59 Å². The second-order valence-electron chi connectivity index (χ2n) is 5.47. The summed E-state index contributed by atoms with van der Waals surface area (Å²) in [6.07, 6.45) is 4.42. The first-order valence-electron chi connectivity index (χ1n) is 6.50. The van der Waals surface area contributed by atoms with Crippen LogP contribution in [0.5, 0.6) is 0 Å². The molecule has 0 bridgehead atoms. The van der Waals surface area contributed by atoms with E-state index in [1.165, 1.54) is 0 Å². The van der Waals surface area contributed by atoms with Crippen molar-refractivity contribution in [3.05, 3.63) is 24.0 Å². The van der Waals surface area contributed by atoms with Crippen molar-refractivity contribution in [3.8, 4) is 0 Å². The van der Waals surface area contributed by atoms with E-state index >= 15 is 0 Å². The van der Waals surface area contributed by atoms with E-state index in [1.54, 1.807) is 11.0 Å². The number of hydrogen-bond acceptors (Lipinski definition) is 3. The summed E-state index contributed by atoms with van der Waals surface area (Å²) in [6.45, 7) is 0.481. The van der Waals surface area contributed by atoms with Crippen LogP contribution < -0.4 is 5.73 Å². The van der Waals surface area contributed by atoms with Crippen molar-refractivity contribution in [2.45, 2.75) is 30.8 Å². The minimum absolute atomic E-state index is 0.0804. The van der Waals surface area contributed by atoms with E-state index in [0.29, 0.717) is 24.7 Å². The van der Waals surface area contributed by atoms with E-state index in [1.807, 2.05) is 16.8 Å². The minimum Gasteiger partial charge on any atom is -0.480 e. The van der Waals surface area contributed by atoms with Gasteiger partial charge >= 0.3 is 5.97 Å². The predicted molar refractivity (Wildman–Crippen MR) is 67.8 cm³/mol. The maximum absolute atomic E-state index is 12.4. The molecule has 1 atom stereocenters. The smallest absolute Gasteiger partial charge is 0.325 e. The van der Waals surface area contributed by atoms with Gasteiger partial charge in [-0.1, -0.05) is 0 Å². The van der Waals surface area contributed by atoms with Gasteiger partial charge in [-0.2, -0.15) is 0 Å². The molecule has 1 aliphatic heterocycles. The number of rotatable bonds is 3. The normalized spacial score (nSPS) is 26.7. The van der Waals surface area contributed by atoms with Crippen LogP contribution >= 0.6 is 0 Å². The van der Waals surface area contributed by atoms with Crippen molar-refractivity contribution >= 4 is 11.9 Å². The van der Waals surface area contributed by atoms with Gasteiger partial charge in [0.25, 0.3) is 5.91 Å². The zero-order chi connectivity index (χ0) is 13.6. The third-order valence-electron chi connectivity index (χ3n) is 3.95. The highest BCUT2D eigenvalue weighted by Crippen LogP contribution is 2.36. The largest absolute Gasteiger partial charge is 0.480 e. The molecule has 1 saturated carbocycles. The van der Waals surface area contributed by atoms with Crippen LogP contribution in [0.3, 0.4) is 0 Å². The van der Waals surface area contributed by atoms with Gasteiger partial charge in [-0.05, 0) is 31.4 Å². The zero-order valence-corrected chi connectivity index (χ0v) is 10.6. The highest BCUT2D eigenvalue weighted by atomic mass is 16.4. The number of likely N-dealkylation sites (tertiary alicyclic amines) is 1. The predicted octanol–water partition coefficient (Wildman–Crippen LogP) is 0.451. The fourth-order valence-electron chi connectivity index (χ4n) is 2.59. The first-order valence-corrected chi connectivity index (χ1v) is 6.50. The molecule has 1 aromatic rings. The highest BCUT2D eigenvalue weighted by Gasteiger charge is 2.43. The van der Waals surface area contributed by atoms with Gasteiger partial charge in [0.05, 0.1) is 0 Å². The summed E-state index contributed by atoms with van der Waals surface area (Å²) in [4.78, 5) is 25.1. The standard InChI is InChI=1S/C13H17N3O3/c14-13(12(18)19)5-7-15(8-13)11(17)10-2-1-6-16(10)9-3-4-9/h1-2,6,9H,3-5,7-8,14H2,(H,18,19). The van der Waals surface area contributed by atoms with Crippen LogP contribution in [0.4, 0.5) is 0 Å². The number of nitrogens with two attached hydrogens (primary N) is 1. The summed E-state index contributed by atoms with van der Waals surface area (Å²) in [6, 6.07) is 4.07. The van der Waals surface area contributed by atoms with Crippen molar-refractivity contribution < 1.29 is 14.7 Å². The van der Waals surface area contributed by atoms with Gasteiger partial charge < -0.3 is 20.3 Å². The van der Waals surface area contributed by atoms with Gasteiger partial charge in [-0.25, -0.2) is 0 Å². The van der Waals surface area contributed by atoms with Gasteiger partial charge in [0.1, 0.15) is 11.2 Å². The average Bonchev–Trinajstić information content (AvgIpc) is 2.96. The van der Waals surface area contributed by atoms with Gasteiger partial charge in [0, 0.05) is 25.3 Å². The lowest BCUT2D eigenvalue weighted by Crippen LogP contribution is -2.50. The van der Waals surface area contributed by atoms with Gasteiger partial charge in [0.2, 0.25) is 0 Å². The first-order chi connectivity index (χ1) is 9.01. The molecule has 6 nitrogen and oxygen atoms in total. The molecule has 102 valence electrons. The Morgan fingerprint density at radius 1 is 1.42 bits per heavy atom. The fourth-order valence-corrected chi connectivity index (χ4v) is 2.59. The number of carbonyl (C=O) groups is 2. The number of carbonyl (C=O) groups excluding carboxylic acids is 1. The monoisotopic (exact) mass is 263 g/mol. The van der Waals surface area contributed by atoms with Gasteiger partial charge in [-0.15, -0.1) is 0 Å². The molecule has 0 aromatic carbocycles. The van der Waals surface area contributed by atoms with Crippen LogP contribution in [-0.4, -0.2) is 45.1 Å². The number of amides is 1. The molecule has 3 N–H and O–H groups in total. The first kappa shape index (κ1) is 12.2. The molecular formula is C13H17N3O3. The summed E-state index contributed by atoms with van der Waals surface area (Å²) < 4.78 is 1.99. The Labute approximate surface area is 110 Å². The van der Waals surface area contributed by atoms with E-state index in [2.05, 4.69) is 0 Å². The fraction of sp³-hybridized carbons (Fsp3) is 0.538. The summed E-state index contributed by atoms with van der Waals surface area (Å²) in [5, 5.41) is 9.09. The van der Waals surface area contributed by atoms with Crippen LogP contribution in [0.2, 0.25) is 0 Å². The molecule has 0 radical (unpaired) electrons. The van der Waals surface area contributed by atoms with Gasteiger partial charge in [-0.3, -0.25) is 9.59 Å². The Morgan fingerprint density at radius 2 is 2.16 bits per heavy atom. The lowest BCUT2D eigenvalue weighted by atomic mass is 10.0. The lowest BCUT2D eigenvalue weighted by Gasteiger charge is -2.20. The third kappa shape index (κ3) is 2.02. The number of aromatic nitrogens is 1. The van der Waals surface area contributed by atoms with Crippen LogP contribution in [-0.2, 0) is 4.79 Å². The zero-order valence-electron chi connectivity index (χ0n) is 10.6. The molecule has 1 aliphatic carbocycles. The van der Waals surface area contributed by atoms with E-state index in [0.717, 1.165) is 12.8 Å². The second-order valence-corrected chi connectivity index (χ2v) is 5.47. The molecule has 19 heavy (non-hydrogen) atoms. The average molecular weight is 263 g/mol. The Bertz CT molecular complexity index is 535. The summed E-state index contributed by atoms with van der Waals surface area (Å²) >= 11 is 0. The van der Waals surface area contributed by atoms with E-state index < -0.39 is 11.5 Å². The second kappa shape index (κ2) is 4.09. The Morgan fingerprint density at radius 3 is 2.74 bits per heavy atom. The maximum Gasteiger partial charge on any atom is 0.325 e. The van der Waals surface area contributed by atoms with Crippen LogP contribution in [0.1, 0.15) is 35.8 Å². The van der Waals surface area contributed by atoms with Crippen LogP contribution in [0, 0.1) is 0 Å². The molecule has 3 rings (SSSR count). The quantitative estimate of drug-likeness (QED) is 0.828. The van der Waals surface area contributed by atoms with Gasteiger partial charge in [0.15, 0.2) is 0 Å². The molecule has 1 saturated heterocycles. The summed E-state index contributed by atoms with van der Waals surface area (Å²) in [5.41, 5.74) is 5.13. The minimum atomic E-state index is -1.30. The number of aliphatic carboxylic acids is 1. The molecule has 0 spiro atoms. The van der Waals surface area contributed by atoms with Crippen LogP contribution in [0.15, 0.2) is 18.3 Å². The van der Waals surface area contributed by atoms with Crippen molar-refractivity contribution in [2.24, 2.45) is 5.73 Å². The highest BCUT2D eigenvalue weighted by molar-refractivity contribution is 5.94. The number of carboxylic acids is 1. The van der Waals surface area contributed by atoms with E-state index in [4.69, 9.17) is 10.8 Å². The molecule has 1 amide bonds. The Balaban J connectivity index is 1.78. The molecule has 2 heterocycles. The lowest BCUT2D eigenvalue weighted by molar-refractivity contribution is -0.142. The number of hydrogen-bond donors (Lipinski definition) is 2. The van der Waals surface area contributed by atoms with Crippen molar-refractivity contribution in [2.75, 3.05) is 13.1 Å². The maximum atomic E-state index is 12.4. The molecule has 2 fully saturated rings. The topological polar surface area (TPSA) is 88.6 Å². The summed E-state index contributed by atoms with van der Waals surface area (Å²) in [7, 11) is 0. The van der Waals surface area contributed by atoms with Crippen molar-refractivity contribution in [1.29, 1.82) is 0 Å². The van der Waals surface area contributed by atoms with Crippen molar-refractivity contribution in [3.63, 3.8) is 0 Å². The van der Waals surface area contributed by atoms with E-state index in [-0.39, 0.29) is 12.5 Å². The molecular weight excluding hydrogens is 246 g/mol. The third-order valence-corrected chi connectivity index (χ3v) is 3.95. The molecule has 1 unspecified atom stereocenters.